The highest BCUT2D eigenvalue weighted by Crippen LogP contribution is 2.55. The van der Waals surface area contributed by atoms with Crippen LogP contribution in [-0.4, -0.2) is 28.4 Å². The fourth-order valence-corrected chi connectivity index (χ4v) is 5.71. The smallest absolute Gasteiger partial charge is 0.197 e. The van der Waals surface area contributed by atoms with Gasteiger partial charge in [-0.25, -0.2) is 4.67 Å². The second-order valence-corrected chi connectivity index (χ2v) is 9.16. The van der Waals surface area contributed by atoms with E-state index in [1.54, 1.807) is 0 Å². The number of carbonyl (C=O) groups excluding carboxylic acids is 1. The summed E-state index contributed by atoms with van der Waals surface area (Å²) in [4.78, 5) is 12.6. The molecule has 0 aromatic rings. The van der Waals surface area contributed by atoms with E-state index in [-0.39, 0.29) is 29.1 Å². The maximum Gasteiger partial charge on any atom is 0.197 e. The first-order valence-electron chi connectivity index (χ1n) is 9.50. The summed E-state index contributed by atoms with van der Waals surface area (Å²) >= 11 is 0. The quantitative estimate of drug-likeness (QED) is 0.544. The van der Waals surface area contributed by atoms with Crippen LogP contribution in [-0.2, 0) is 9.32 Å². The molecule has 4 heteroatoms. The van der Waals surface area contributed by atoms with Crippen LogP contribution in [0.5, 0.6) is 0 Å². The maximum atomic E-state index is 12.6. The summed E-state index contributed by atoms with van der Waals surface area (Å²) in [5.41, 5.74) is 0.144. The van der Waals surface area contributed by atoms with Gasteiger partial charge >= 0.3 is 0 Å². The lowest BCUT2D eigenvalue weighted by atomic mass is 9.83. The zero-order valence-corrected chi connectivity index (χ0v) is 16.5. The summed E-state index contributed by atoms with van der Waals surface area (Å²) in [5.74, 6) is 0.574. The third kappa shape index (κ3) is 4.52. The summed E-state index contributed by atoms with van der Waals surface area (Å²) in [6, 6.07) is 0.560. The van der Waals surface area contributed by atoms with E-state index < -0.39 is 8.30 Å². The molecule has 0 N–H and O–H groups in total. The average Bonchev–Trinajstić information content (AvgIpc) is 2.81. The Hall–Kier alpha value is 0.0200. The third-order valence-corrected chi connectivity index (χ3v) is 7.31. The molecule has 0 radical (unpaired) electrons. The second kappa shape index (κ2) is 8.22. The van der Waals surface area contributed by atoms with Crippen LogP contribution in [0, 0.1) is 11.3 Å². The van der Waals surface area contributed by atoms with Crippen molar-refractivity contribution in [3.8, 4) is 0 Å². The largest absolute Gasteiger partial charge is 0.334 e. The summed E-state index contributed by atoms with van der Waals surface area (Å²) in [7, 11) is -1.25. The molecular formula is C18H36NO2P. The van der Waals surface area contributed by atoms with Crippen LogP contribution in [0.1, 0.15) is 82.4 Å². The van der Waals surface area contributed by atoms with Crippen molar-refractivity contribution in [2.24, 2.45) is 11.3 Å². The van der Waals surface area contributed by atoms with Gasteiger partial charge in [0.2, 0.25) is 0 Å². The molecule has 1 fully saturated rings. The summed E-state index contributed by atoms with van der Waals surface area (Å²) in [6.45, 7) is 15.3. The first-order valence-corrected chi connectivity index (χ1v) is 10.0. The number of hydrogen-bond acceptors (Lipinski definition) is 3. The molecule has 1 saturated carbocycles. The topological polar surface area (TPSA) is 29.5 Å². The van der Waals surface area contributed by atoms with Crippen LogP contribution in [0.2, 0.25) is 0 Å². The standard InChI is InChI=1S/C18H36NO2P/c1-9-17(20)22(19(13(3)4)14(5)6)21-16-11-15(7)12-18(16,8)10-2/h13-16H,9-12H2,1-8H3/t15-,16?,18-,22?/m0/s1/i8D. The van der Waals surface area contributed by atoms with E-state index in [0.717, 1.165) is 19.3 Å². The van der Waals surface area contributed by atoms with Gasteiger partial charge in [-0.2, -0.15) is 0 Å². The molecule has 22 heavy (non-hydrogen) atoms. The summed E-state index contributed by atoms with van der Waals surface area (Å²) < 4.78 is 16.9. The van der Waals surface area contributed by atoms with E-state index in [1.165, 1.54) is 0 Å². The first-order chi connectivity index (χ1) is 10.7. The number of nitrogens with zero attached hydrogens (tertiary/aromatic N) is 1. The number of carbonyl (C=O) groups is 1. The van der Waals surface area contributed by atoms with Crippen LogP contribution in [0.25, 0.3) is 0 Å². The normalized spacial score (nSPS) is 31.1. The Morgan fingerprint density at radius 1 is 1.36 bits per heavy atom. The SMILES string of the molecule is [2H]C[C@]1(CC)C[C@@H](C)CC1OP(C(=O)CC)N(C(C)C)C(C)C. The Morgan fingerprint density at radius 2 is 1.95 bits per heavy atom. The molecule has 4 atom stereocenters. The van der Waals surface area contributed by atoms with Crippen molar-refractivity contribution in [1.29, 1.82) is 0 Å². The van der Waals surface area contributed by atoms with Crippen LogP contribution in [0.15, 0.2) is 0 Å². The summed E-state index contributed by atoms with van der Waals surface area (Å²) in [5, 5.41) is 0. The minimum atomic E-state index is -1.25. The van der Waals surface area contributed by atoms with Crippen molar-refractivity contribution in [2.75, 3.05) is 0 Å². The Balaban J connectivity index is 3.07. The van der Waals surface area contributed by atoms with Crippen molar-refractivity contribution in [2.45, 2.75) is 99.2 Å². The lowest BCUT2D eigenvalue weighted by Gasteiger charge is -2.40. The lowest BCUT2D eigenvalue weighted by Crippen LogP contribution is -2.37. The predicted octanol–water partition coefficient (Wildman–Crippen LogP) is 5.59. The van der Waals surface area contributed by atoms with Crippen LogP contribution < -0.4 is 0 Å². The van der Waals surface area contributed by atoms with E-state index >= 15 is 0 Å². The molecule has 0 saturated heterocycles. The van der Waals surface area contributed by atoms with Crippen molar-refractivity contribution < 1.29 is 10.7 Å². The Morgan fingerprint density at radius 3 is 2.36 bits per heavy atom. The maximum absolute atomic E-state index is 12.6. The van der Waals surface area contributed by atoms with E-state index in [2.05, 4.69) is 46.2 Å². The highest BCUT2D eigenvalue weighted by Gasteiger charge is 2.45. The highest BCUT2D eigenvalue weighted by atomic mass is 31.2. The Labute approximate surface area is 140 Å². The minimum Gasteiger partial charge on any atom is -0.334 e. The van der Waals surface area contributed by atoms with Crippen molar-refractivity contribution in [3.05, 3.63) is 0 Å². The highest BCUT2D eigenvalue weighted by molar-refractivity contribution is 7.68. The van der Waals surface area contributed by atoms with Crippen LogP contribution >= 0.6 is 8.30 Å². The Bertz CT molecular complexity index is 377. The van der Waals surface area contributed by atoms with E-state index in [9.17, 15) is 4.79 Å². The van der Waals surface area contributed by atoms with Gasteiger partial charge in [0.25, 0.3) is 0 Å². The van der Waals surface area contributed by atoms with Crippen molar-refractivity contribution in [3.63, 3.8) is 0 Å². The molecule has 130 valence electrons. The van der Waals surface area contributed by atoms with Crippen molar-refractivity contribution >= 4 is 13.8 Å². The molecule has 0 aliphatic heterocycles. The summed E-state index contributed by atoms with van der Waals surface area (Å²) in [6.07, 6.45) is 3.54. The second-order valence-electron chi connectivity index (χ2n) is 7.44. The van der Waals surface area contributed by atoms with Gasteiger partial charge in [0.05, 0.1) is 6.10 Å². The number of hydrogen-bond donors (Lipinski definition) is 0. The van der Waals surface area contributed by atoms with Gasteiger partial charge in [-0.3, -0.25) is 4.79 Å². The fraction of sp³-hybridized carbons (Fsp3) is 0.944. The average molecular weight is 330 g/mol. The predicted molar refractivity (Wildman–Crippen MR) is 96.0 cm³/mol. The van der Waals surface area contributed by atoms with Gasteiger partial charge in [0.15, 0.2) is 13.8 Å². The minimum absolute atomic E-state index is 0.0432. The Kier molecular flexibility index (Phi) is 6.86. The van der Waals surface area contributed by atoms with Gasteiger partial charge in [0, 0.05) is 19.9 Å². The monoisotopic (exact) mass is 330 g/mol. The van der Waals surface area contributed by atoms with Gasteiger partial charge in [-0.05, 0) is 58.3 Å². The molecule has 0 spiro atoms. The zero-order chi connectivity index (χ0) is 17.8. The fourth-order valence-electron chi connectivity index (χ4n) is 3.56. The molecule has 0 aromatic carbocycles. The van der Waals surface area contributed by atoms with Crippen molar-refractivity contribution in [1.82, 2.24) is 4.67 Å². The molecule has 0 heterocycles. The van der Waals surface area contributed by atoms with Gasteiger partial charge in [0.1, 0.15) is 0 Å². The molecule has 0 amide bonds. The van der Waals surface area contributed by atoms with E-state index in [1.807, 2.05) is 6.92 Å². The lowest BCUT2D eigenvalue weighted by molar-refractivity contribution is -0.112. The number of rotatable bonds is 8. The molecule has 1 aliphatic rings. The molecule has 2 unspecified atom stereocenters. The first kappa shape index (κ1) is 18.4. The van der Waals surface area contributed by atoms with Gasteiger partial charge < -0.3 is 4.52 Å². The van der Waals surface area contributed by atoms with E-state index in [0.29, 0.717) is 19.2 Å². The van der Waals surface area contributed by atoms with Crippen LogP contribution in [0.3, 0.4) is 0 Å². The van der Waals surface area contributed by atoms with Crippen LogP contribution in [0.4, 0.5) is 0 Å². The zero-order valence-electron chi connectivity index (χ0n) is 16.6. The van der Waals surface area contributed by atoms with Gasteiger partial charge in [-0.1, -0.05) is 27.7 Å². The molecule has 1 rings (SSSR count). The third-order valence-electron chi connectivity index (χ3n) is 4.77. The molecular weight excluding hydrogens is 293 g/mol. The van der Waals surface area contributed by atoms with E-state index in [4.69, 9.17) is 5.89 Å². The molecule has 0 bridgehead atoms. The molecule has 1 aliphatic carbocycles. The molecule has 3 nitrogen and oxygen atoms in total. The molecule has 0 aromatic heterocycles. The van der Waals surface area contributed by atoms with Gasteiger partial charge in [-0.15, -0.1) is 0 Å².